The third kappa shape index (κ3) is 2.23. The van der Waals surface area contributed by atoms with Crippen LogP contribution in [0.25, 0.3) is 21.9 Å². The highest BCUT2D eigenvalue weighted by molar-refractivity contribution is 7.91. The van der Waals surface area contributed by atoms with Crippen molar-refractivity contribution in [3.63, 3.8) is 0 Å². The van der Waals surface area contributed by atoms with E-state index in [2.05, 4.69) is 0 Å². The number of benzene rings is 3. The van der Waals surface area contributed by atoms with Gasteiger partial charge in [0.25, 0.3) is 0 Å². The van der Waals surface area contributed by atoms with Crippen molar-refractivity contribution in [1.82, 2.24) is 0 Å². The first-order valence-electron chi connectivity index (χ1n) is 7.29. The molecule has 0 N–H and O–H groups in total. The topological polar surface area (TPSA) is 47.3 Å². The monoisotopic (exact) mass is 322 g/mol. The van der Waals surface area contributed by atoms with Gasteiger partial charge in [-0.3, -0.25) is 0 Å². The molecule has 0 bridgehead atoms. The maximum atomic E-state index is 12.8. The van der Waals surface area contributed by atoms with Gasteiger partial charge in [-0.05, 0) is 43.3 Å². The summed E-state index contributed by atoms with van der Waals surface area (Å²) in [6.45, 7) is 1.93. The van der Waals surface area contributed by atoms with E-state index in [0.29, 0.717) is 10.5 Å². The summed E-state index contributed by atoms with van der Waals surface area (Å²) in [5, 5.41) is 1.73. The van der Waals surface area contributed by atoms with E-state index >= 15 is 0 Å². The Morgan fingerprint density at radius 1 is 0.739 bits per heavy atom. The molecule has 0 amide bonds. The van der Waals surface area contributed by atoms with Crippen LogP contribution in [0.3, 0.4) is 0 Å². The van der Waals surface area contributed by atoms with E-state index in [1.54, 1.807) is 42.5 Å². The first kappa shape index (κ1) is 14.0. The standard InChI is InChI=1S/C19H14O3S/c1-13-6-8-14(9-7-13)23(20,21)15-10-11-19-17(12-15)16-4-2-3-5-18(16)22-19/h2-12H,1H3. The van der Waals surface area contributed by atoms with Crippen molar-refractivity contribution >= 4 is 31.8 Å². The van der Waals surface area contributed by atoms with Crippen LogP contribution in [-0.2, 0) is 9.84 Å². The second-order valence-corrected chi connectivity index (χ2v) is 7.52. The predicted molar refractivity (Wildman–Crippen MR) is 90.4 cm³/mol. The van der Waals surface area contributed by atoms with Crippen molar-refractivity contribution in [2.24, 2.45) is 0 Å². The van der Waals surface area contributed by atoms with Crippen molar-refractivity contribution < 1.29 is 12.8 Å². The lowest BCUT2D eigenvalue weighted by Gasteiger charge is -2.05. The zero-order valence-corrected chi connectivity index (χ0v) is 13.3. The van der Waals surface area contributed by atoms with Gasteiger partial charge in [0.15, 0.2) is 0 Å². The summed E-state index contributed by atoms with van der Waals surface area (Å²) in [6.07, 6.45) is 0. The highest BCUT2D eigenvalue weighted by Crippen LogP contribution is 2.31. The molecule has 114 valence electrons. The van der Waals surface area contributed by atoms with Gasteiger partial charge in [-0.1, -0.05) is 35.9 Å². The number of hydrogen-bond acceptors (Lipinski definition) is 3. The van der Waals surface area contributed by atoms with Crippen LogP contribution in [0.2, 0.25) is 0 Å². The van der Waals surface area contributed by atoms with Crippen LogP contribution in [0.1, 0.15) is 5.56 Å². The normalized spacial score (nSPS) is 12.0. The fourth-order valence-corrected chi connectivity index (χ4v) is 4.01. The van der Waals surface area contributed by atoms with Crippen LogP contribution < -0.4 is 0 Å². The molecule has 4 aromatic rings. The number of fused-ring (bicyclic) bond motifs is 3. The minimum atomic E-state index is -3.54. The van der Waals surface area contributed by atoms with Crippen LogP contribution in [0, 0.1) is 6.92 Å². The van der Waals surface area contributed by atoms with Crippen molar-refractivity contribution in [2.45, 2.75) is 16.7 Å². The molecule has 0 radical (unpaired) electrons. The molecule has 0 atom stereocenters. The molecule has 0 aliphatic carbocycles. The number of rotatable bonds is 2. The number of sulfone groups is 1. The maximum Gasteiger partial charge on any atom is 0.206 e. The van der Waals surface area contributed by atoms with Crippen LogP contribution in [0.15, 0.2) is 80.9 Å². The van der Waals surface area contributed by atoms with Crippen LogP contribution in [0.4, 0.5) is 0 Å². The van der Waals surface area contributed by atoms with E-state index in [1.165, 1.54) is 0 Å². The van der Waals surface area contributed by atoms with Crippen molar-refractivity contribution in [3.05, 3.63) is 72.3 Å². The summed E-state index contributed by atoms with van der Waals surface area (Å²) in [7, 11) is -3.54. The first-order valence-corrected chi connectivity index (χ1v) is 8.77. The largest absolute Gasteiger partial charge is 0.456 e. The van der Waals surface area contributed by atoms with Gasteiger partial charge >= 0.3 is 0 Å². The van der Waals surface area contributed by atoms with Gasteiger partial charge in [-0.15, -0.1) is 0 Å². The van der Waals surface area contributed by atoms with E-state index < -0.39 is 9.84 Å². The molecule has 4 heteroatoms. The Hall–Kier alpha value is -2.59. The average Bonchev–Trinajstić information content (AvgIpc) is 2.93. The van der Waals surface area contributed by atoms with E-state index in [1.807, 2.05) is 31.2 Å². The van der Waals surface area contributed by atoms with Crippen molar-refractivity contribution in [3.8, 4) is 0 Å². The molecule has 1 heterocycles. The molecular formula is C19H14O3S. The van der Waals surface area contributed by atoms with Crippen LogP contribution >= 0.6 is 0 Å². The molecular weight excluding hydrogens is 308 g/mol. The summed E-state index contributed by atoms with van der Waals surface area (Å²) in [4.78, 5) is 0.579. The van der Waals surface area contributed by atoms with Gasteiger partial charge in [0.1, 0.15) is 11.2 Å². The van der Waals surface area contributed by atoms with Gasteiger partial charge in [0.2, 0.25) is 9.84 Å². The zero-order valence-electron chi connectivity index (χ0n) is 12.5. The molecule has 3 aromatic carbocycles. The van der Waals surface area contributed by atoms with E-state index in [0.717, 1.165) is 21.9 Å². The van der Waals surface area contributed by atoms with Gasteiger partial charge in [0, 0.05) is 10.8 Å². The molecule has 4 rings (SSSR count). The summed E-state index contributed by atoms with van der Waals surface area (Å²) in [5.74, 6) is 0. The highest BCUT2D eigenvalue weighted by atomic mass is 32.2. The fourth-order valence-electron chi connectivity index (χ4n) is 2.73. The summed E-state index contributed by atoms with van der Waals surface area (Å²) in [5.41, 5.74) is 2.47. The Labute approximate surface area is 134 Å². The summed E-state index contributed by atoms with van der Waals surface area (Å²) >= 11 is 0. The molecule has 23 heavy (non-hydrogen) atoms. The zero-order chi connectivity index (χ0) is 16.0. The molecule has 0 spiro atoms. The lowest BCUT2D eigenvalue weighted by Crippen LogP contribution is -2.01. The quantitative estimate of drug-likeness (QED) is 0.536. The number of aryl methyl sites for hydroxylation is 1. The maximum absolute atomic E-state index is 12.8. The Balaban J connectivity index is 1.94. The SMILES string of the molecule is Cc1ccc(S(=O)(=O)c2ccc3oc4ccccc4c3c2)cc1. The van der Waals surface area contributed by atoms with Gasteiger partial charge in [-0.2, -0.15) is 0 Å². The third-order valence-electron chi connectivity index (χ3n) is 3.99. The minimum absolute atomic E-state index is 0.278. The van der Waals surface area contributed by atoms with Crippen molar-refractivity contribution in [1.29, 1.82) is 0 Å². The lowest BCUT2D eigenvalue weighted by molar-refractivity contribution is 0.596. The average molecular weight is 322 g/mol. The number of hydrogen-bond donors (Lipinski definition) is 0. The second kappa shape index (κ2) is 4.96. The first-order chi connectivity index (χ1) is 11.1. The minimum Gasteiger partial charge on any atom is -0.456 e. The summed E-state index contributed by atoms with van der Waals surface area (Å²) in [6, 6.07) is 19.5. The van der Waals surface area contributed by atoms with Crippen LogP contribution in [-0.4, -0.2) is 8.42 Å². The molecule has 0 aliphatic rings. The second-order valence-electron chi connectivity index (χ2n) is 5.57. The Morgan fingerprint density at radius 3 is 2.17 bits per heavy atom. The van der Waals surface area contributed by atoms with E-state index in [4.69, 9.17) is 4.42 Å². The molecule has 0 saturated heterocycles. The molecule has 0 unspecified atom stereocenters. The molecule has 3 nitrogen and oxygen atoms in total. The Kier molecular flexibility index (Phi) is 3.03. The smallest absolute Gasteiger partial charge is 0.206 e. The molecule has 0 saturated carbocycles. The fraction of sp³-hybridized carbons (Fsp3) is 0.0526. The van der Waals surface area contributed by atoms with Gasteiger partial charge < -0.3 is 4.42 Å². The van der Waals surface area contributed by atoms with E-state index in [9.17, 15) is 8.42 Å². The number of para-hydroxylation sites is 1. The molecule has 0 aliphatic heterocycles. The number of furan rings is 1. The Bertz CT molecular complexity index is 1120. The van der Waals surface area contributed by atoms with Crippen LogP contribution in [0.5, 0.6) is 0 Å². The van der Waals surface area contributed by atoms with Gasteiger partial charge in [0.05, 0.1) is 9.79 Å². The van der Waals surface area contributed by atoms with Gasteiger partial charge in [-0.25, -0.2) is 8.42 Å². The molecule has 0 fully saturated rings. The highest BCUT2D eigenvalue weighted by Gasteiger charge is 2.19. The predicted octanol–water partition coefficient (Wildman–Crippen LogP) is 4.73. The van der Waals surface area contributed by atoms with Crippen molar-refractivity contribution in [2.75, 3.05) is 0 Å². The third-order valence-corrected chi connectivity index (χ3v) is 5.76. The molecule has 1 aromatic heterocycles. The summed E-state index contributed by atoms with van der Waals surface area (Å²) < 4.78 is 31.4. The Morgan fingerprint density at radius 2 is 1.39 bits per heavy atom. The van der Waals surface area contributed by atoms with E-state index in [-0.39, 0.29) is 4.90 Å². The lowest BCUT2D eigenvalue weighted by atomic mass is 10.1.